The van der Waals surface area contributed by atoms with Gasteiger partial charge in [0.15, 0.2) is 5.69 Å². The van der Waals surface area contributed by atoms with E-state index in [0.717, 1.165) is 0 Å². The molecule has 0 atom stereocenters. The summed E-state index contributed by atoms with van der Waals surface area (Å²) in [6, 6.07) is 12.1. The van der Waals surface area contributed by atoms with Crippen molar-refractivity contribution in [1.29, 1.82) is 0 Å². The number of nitrogens with one attached hydrogen (secondary N) is 1. The molecule has 0 spiro atoms. The Balaban J connectivity index is 2.34. The molecular formula is C13H10N2O4. The van der Waals surface area contributed by atoms with E-state index in [0.29, 0.717) is 5.56 Å². The molecule has 0 saturated carbocycles. The lowest BCUT2D eigenvalue weighted by Gasteiger charge is -2.07. The Morgan fingerprint density at radius 1 is 1.11 bits per heavy atom. The Morgan fingerprint density at radius 2 is 1.79 bits per heavy atom. The summed E-state index contributed by atoms with van der Waals surface area (Å²) in [5.41, 5.74) is -0.217. The lowest BCUT2D eigenvalue weighted by atomic mass is 10.2. The molecule has 2 N–H and O–H groups in total. The Kier molecular flexibility index (Phi) is 3.42. The van der Waals surface area contributed by atoms with E-state index < -0.39 is 10.8 Å². The van der Waals surface area contributed by atoms with Crippen LogP contribution in [0.4, 0.5) is 11.4 Å². The summed E-state index contributed by atoms with van der Waals surface area (Å²) in [6.45, 7) is 0. The van der Waals surface area contributed by atoms with Crippen LogP contribution in [0.1, 0.15) is 10.4 Å². The van der Waals surface area contributed by atoms with E-state index in [4.69, 9.17) is 0 Å². The molecule has 0 fully saturated rings. The number of hydrogen-bond acceptors (Lipinski definition) is 4. The Bertz CT molecular complexity index is 626. The highest BCUT2D eigenvalue weighted by molar-refractivity contribution is 6.06. The van der Waals surface area contributed by atoms with Crippen LogP contribution in [0.25, 0.3) is 0 Å². The molecule has 0 aliphatic carbocycles. The topological polar surface area (TPSA) is 92.5 Å². The molecule has 0 bridgehead atoms. The highest BCUT2D eigenvalue weighted by Gasteiger charge is 2.19. The lowest BCUT2D eigenvalue weighted by Crippen LogP contribution is -2.13. The third-order valence-electron chi connectivity index (χ3n) is 2.49. The van der Waals surface area contributed by atoms with Gasteiger partial charge in [0.2, 0.25) is 0 Å². The number of carbonyl (C=O) groups excluding carboxylic acids is 1. The van der Waals surface area contributed by atoms with Gasteiger partial charge in [0.05, 0.1) is 4.92 Å². The first-order valence-electron chi connectivity index (χ1n) is 5.42. The van der Waals surface area contributed by atoms with Crippen molar-refractivity contribution in [2.24, 2.45) is 0 Å². The van der Waals surface area contributed by atoms with Crippen LogP contribution in [-0.4, -0.2) is 15.9 Å². The third kappa shape index (κ3) is 2.68. The minimum Gasteiger partial charge on any atom is -0.505 e. The molecule has 0 aliphatic heterocycles. The van der Waals surface area contributed by atoms with Crippen molar-refractivity contribution in [3.05, 3.63) is 64.2 Å². The summed E-state index contributed by atoms with van der Waals surface area (Å²) >= 11 is 0. The molecule has 0 saturated heterocycles. The van der Waals surface area contributed by atoms with Crippen molar-refractivity contribution in [3.63, 3.8) is 0 Å². The van der Waals surface area contributed by atoms with Gasteiger partial charge in [-0.15, -0.1) is 0 Å². The molecule has 2 rings (SSSR count). The van der Waals surface area contributed by atoms with Crippen molar-refractivity contribution in [1.82, 2.24) is 0 Å². The van der Waals surface area contributed by atoms with Crippen LogP contribution in [0.15, 0.2) is 48.5 Å². The van der Waals surface area contributed by atoms with Gasteiger partial charge in [0.25, 0.3) is 11.6 Å². The maximum Gasteiger partial charge on any atom is 0.296 e. The summed E-state index contributed by atoms with van der Waals surface area (Å²) in [7, 11) is 0. The van der Waals surface area contributed by atoms with E-state index in [1.54, 1.807) is 30.3 Å². The maximum atomic E-state index is 11.9. The SMILES string of the molecule is O=C(Nc1c(O)cccc1[N+](=O)[O-])c1ccccc1. The van der Waals surface area contributed by atoms with Gasteiger partial charge in [-0.1, -0.05) is 24.3 Å². The molecule has 0 aromatic heterocycles. The van der Waals surface area contributed by atoms with Gasteiger partial charge < -0.3 is 10.4 Å². The summed E-state index contributed by atoms with van der Waals surface area (Å²) < 4.78 is 0. The zero-order chi connectivity index (χ0) is 13.8. The number of para-hydroxylation sites is 1. The second-order valence-corrected chi connectivity index (χ2v) is 3.75. The van der Waals surface area contributed by atoms with Gasteiger partial charge in [-0.2, -0.15) is 0 Å². The highest BCUT2D eigenvalue weighted by Crippen LogP contribution is 2.33. The molecule has 2 aromatic carbocycles. The van der Waals surface area contributed by atoms with Crippen molar-refractivity contribution >= 4 is 17.3 Å². The number of phenolic OH excluding ortho intramolecular Hbond substituents is 1. The molecule has 1 amide bonds. The Labute approximate surface area is 108 Å². The molecule has 6 heteroatoms. The number of carbonyl (C=O) groups is 1. The van der Waals surface area contributed by atoms with Gasteiger partial charge in [-0.25, -0.2) is 0 Å². The van der Waals surface area contributed by atoms with E-state index in [9.17, 15) is 20.0 Å². The molecule has 0 heterocycles. The van der Waals surface area contributed by atoms with Crippen LogP contribution in [0.3, 0.4) is 0 Å². The summed E-state index contributed by atoms with van der Waals surface area (Å²) in [6.07, 6.45) is 0. The third-order valence-corrected chi connectivity index (χ3v) is 2.49. The predicted molar refractivity (Wildman–Crippen MR) is 69.2 cm³/mol. The summed E-state index contributed by atoms with van der Waals surface area (Å²) in [4.78, 5) is 22.1. The van der Waals surface area contributed by atoms with Crippen molar-refractivity contribution in [2.45, 2.75) is 0 Å². The molecule has 2 aromatic rings. The standard InChI is InChI=1S/C13H10N2O4/c16-11-8-4-7-10(15(18)19)12(11)14-13(17)9-5-2-1-3-6-9/h1-8,16H,(H,14,17). The monoisotopic (exact) mass is 258 g/mol. The maximum absolute atomic E-state index is 11.9. The average Bonchev–Trinajstić information content (AvgIpc) is 2.41. The number of amides is 1. The molecule has 6 nitrogen and oxygen atoms in total. The predicted octanol–water partition coefficient (Wildman–Crippen LogP) is 2.55. The minimum atomic E-state index is -0.666. The van der Waals surface area contributed by atoms with Crippen LogP contribution in [0.2, 0.25) is 0 Å². The van der Waals surface area contributed by atoms with Gasteiger partial charge in [-0.3, -0.25) is 14.9 Å². The largest absolute Gasteiger partial charge is 0.505 e. The molecule has 19 heavy (non-hydrogen) atoms. The molecular weight excluding hydrogens is 248 g/mol. The van der Waals surface area contributed by atoms with Crippen LogP contribution in [-0.2, 0) is 0 Å². The van der Waals surface area contributed by atoms with E-state index in [1.165, 1.54) is 18.2 Å². The normalized spacial score (nSPS) is 9.89. The number of nitro benzene ring substituents is 1. The first-order valence-corrected chi connectivity index (χ1v) is 5.42. The van der Waals surface area contributed by atoms with Crippen LogP contribution in [0, 0.1) is 10.1 Å². The van der Waals surface area contributed by atoms with Gasteiger partial charge in [0, 0.05) is 11.6 Å². The van der Waals surface area contributed by atoms with Crippen LogP contribution in [0.5, 0.6) is 5.75 Å². The summed E-state index contributed by atoms with van der Waals surface area (Å²) in [5, 5.41) is 22.8. The van der Waals surface area contributed by atoms with Gasteiger partial charge in [0.1, 0.15) is 5.75 Å². The van der Waals surface area contributed by atoms with Crippen LogP contribution < -0.4 is 5.32 Å². The fourth-order valence-corrected chi connectivity index (χ4v) is 1.58. The molecule has 0 radical (unpaired) electrons. The highest BCUT2D eigenvalue weighted by atomic mass is 16.6. The number of nitrogens with zero attached hydrogens (tertiary/aromatic N) is 1. The quantitative estimate of drug-likeness (QED) is 0.502. The fourth-order valence-electron chi connectivity index (χ4n) is 1.58. The molecule has 96 valence electrons. The first-order chi connectivity index (χ1) is 9.09. The van der Waals surface area contributed by atoms with E-state index in [-0.39, 0.29) is 17.1 Å². The average molecular weight is 258 g/mol. The van der Waals surface area contributed by atoms with Crippen molar-refractivity contribution in [2.75, 3.05) is 5.32 Å². The number of benzene rings is 2. The van der Waals surface area contributed by atoms with E-state index in [2.05, 4.69) is 5.32 Å². The zero-order valence-electron chi connectivity index (χ0n) is 9.74. The zero-order valence-corrected chi connectivity index (χ0v) is 9.74. The number of aromatic hydroxyl groups is 1. The number of phenols is 1. The lowest BCUT2D eigenvalue weighted by molar-refractivity contribution is -0.384. The van der Waals surface area contributed by atoms with Crippen LogP contribution >= 0.6 is 0 Å². The minimum absolute atomic E-state index is 0.207. The number of rotatable bonds is 3. The van der Waals surface area contributed by atoms with Crippen molar-refractivity contribution in [3.8, 4) is 5.75 Å². The number of nitro groups is 1. The Morgan fingerprint density at radius 3 is 2.42 bits per heavy atom. The smallest absolute Gasteiger partial charge is 0.296 e. The van der Waals surface area contributed by atoms with Gasteiger partial charge >= 0.3 is 0 Å². The van der Waals surface area contributed by atoms with Crippen molar-refractivity contribution < 1.29 is 14.8 Å². The molecule has 0 unspecified atom stereocenters. The van der Waals surface area contributed by atoms with E-state index >= 15 is 0 Å². The molecule has 0 aliphatic rings. The number of anilines is 1. The first kappa shape index (κ1) is 12.6. The number of hydrogen-bond donors (Lipinski definition) is 2. The second kappa shape index (κ2) is 5.18. The second-order valence-electron chi connectivity index (χ2n) is 3.75. The van der Waals surface area contributed by atoms with Gasteiger partial charge in [-0.05, 0) is 18.2 Å². The summed E-state index contributed by atoms with van der Waals surface area (Å²) in [5.74, 6) is -0.872. The van der Waals surface area contributed by atoms with E-state index in [1.807, 2.05) is 0 Å². The fraction of sp³-hybridized carbons (Fsp3) is 0. The Hall–Kier alpha value is -2.89.